The summed E-state index contributed by atoms with van der Waals surface area (Å²) in [5.74, 6) is 0.706. The number of anilines is 1. The Hall–Kier alpha value is -2.30. The van der Waals surface area contributed by atoms with Crippen LogP contribution in [0.5, 0.6) is 17.5 Å². The van der Waals surface area contributed by atoms with E-state index in [1.165, 1.54) is 6.07 Å². The highest BCUT2D eigenvalue weighted by Crippen LogP contribution is 2.26. The highest BCUT2D eigenvalue weighted by molar-refractivity contribution is 5.49. The number of benzene rings is 1. The van der Waals surface area contributed by atoms with Gasteiger partial charge in [0.1, 0.15) is 11.6 Å². The average molecular weight is 276 g/mol. The van der Waals surface area contributed by atoms with E-state index in [-0.39, 0.29) is 5.82 Å². The molecule has 0 bridgehead atoms. The van der Waals surface area contributed by atoms with Gasteiger partial charge in [-0.05, 0) is 31.0 Å². The van der Waals surface area contributed by atoms with E-state index in [0.717, 1.165) is 6.42 Å². The molecular formula is C15H17FN2O2. The molecule has 0 saturated heterocycles. The number of hydrogen-bond donors (Lipinski definition) is 1. The topological polar surface area (TPSA) is 57.4 Å². The van der Waals surface area contributed by atoms with Crippen molar-refractivity contribution in [3.05, 3.63) is 41.7 Å². The fourth-order valence-corrected chi connectivity index (χ4v) is 1.56. The van der Waals surface area contributed by atoms with Gasteiger partial charge in [-0.15, -0.1) is 0 Å². The van der Waals surface area contributed by atoms with Crippen molar-refractivity contribution in [3.63, 3.8) is 0 Å². The molecule has 2 rings (SSSR count). The molecule has 0 radical (unpaired) electrons. The number of halogens is 1. The van der Waals surface area contributed by atoms with Gasteiger partial charge in [-0.2, -0.15) is 4.98 Å². The lowest BCUT2D eigenvalue weighted by atomic mass is 10.2. The largest absolute Gasteiger partial charge is 0.476 e. The van der Waals surface area contributed by atoms with Crippen molar-refractivity contribution in [2.24, 2.45) is 0 Å². The number of pyridine rings is 1. The Balaban J connectivity index is 2.18. The Bertz CT molecular complexity index is 602. The number of aromatic nitrogens is 1. The van der Waals surface area contributed by atoms with Gasteiger partial charge in [-0.3, -0.25) is 0 Å². The Labute approximate surface area is 117 Å². The normalized spacial score (nSPS) is 10.3. The minimum Gasteiger partial charge on any atom is -0.476 e. The number of rotatable bonds is 5. The summed E-state index contributed by atoms with van der Waals surface area (Å²) in [4.78, 5) is 4.17. The van der Waals surface area contributed by atoms with Crippen molar-refractivity contribution in [3.8, 4) is 17.5 Å². The van der Waals surface area contributed by atoms with E-state index < -0.39 is 0 Å². The van der Waals surface area contributed by atoms with Crippen molar-refractivity contribution in [1.82, 2.24) is 4.98 Å². The van der Waals surface area contributed by atoms with Gasteiger partial charge in [0.25, 0.3) is 0 Å². The maximum absolute atomic E-state index is 13.4. The second-order valence-electron chi connectivity index (χ2n) is 4.41. The molecule has 2 N–H and O–H groups in total. The second-order valence-corrected chi connectivity index (χ2v) is 4.41. The van der Waals surface area contributed by atoms with Crippen LogP contribution in [0.25, 0.3) is 0 Å². The number of nitrogen functional groups attached to an aromatic ring is 1. The predicted molar refractivity (Wildman–Crippen MR) is 75.6 cm³/mol. The van der Waals surface area contributed by atoms with Crippen LogP contribution in [0, 0.1) is 12.7 Å². The summed E-state index contributed by atoms with van der Waals surface area (Å²) in [5.41, 5.74) is 6.77. The van der Waals surface area contributed by atoms with Crippen molar-refractivity contribution >= 4 is 5.69 Å². The molecule has 4 nitrogen and oxygen atoms in total. The van der Waals surface area contributed by atoms with Crippen LogP contribution < -0.4 is 15.2 Å². The molecule has 0 atom stereocenters. The Kier molecular flexibility index (Phi) is 4.40. The third-order valence-corrected chi connectivity index (χ3v) is 2.67. The standard InChI is InChI=1S/C15H17FN2O2/c1-3-8-19-15-13(17)6-7-14(18-15)20-11-5-4-10(2)12(16)9-11/h4-7,9H,3,8,17H2,1-2H3. The lowest BCUT2D eigenvalue weighted by Crippen LogP contribution is -2.02. The Morgan fingerprint density at radius 2 is 2.05 bits per heavy atom. The second kappa shape index (κ2) is 6.23. The summed E-state index contributed by atoms with van der Waals surface area (Å²) in [7, 11) is 0. The predicted octanol–water partition coefficient (Wildman–Crippen LogP) is 3.69. The van der Waals surface area contributed by atoms with Crippen molar-refractivity contribution in [2.45, 2.75) is 20.3 Å². The van der Waals surface area contributed by atoms with Crippen LogP contribution in [-0.2, 0) is 0 Å². The van der Waals surface area contributed by atoms with E-state index in [2.05, 4.69) is 4.98 Å². The first kappa shape index (κ1) is 14.1. The third-order valence-electron chi connectivity index (χ3n) is 2.67. The summed E-state index contributed by atoms with van der Waals surface area (Å²) in [6.45, 7) is 4.21. The number of nitrogens with zero attached hydrogens (tertiary/aromatic N) is 1. The van der Waals surface area contributed by atoms with E-state index in [1.807, 2.05) is 6.92 Å². The first-order chi connectivity index (χ1) is 9.60. The maximum atomic E-state index is 13.4. The summed E-state index contributed by atoms with van der Waals surface area (Å²) < 4.78 is 24.4. The zero-order valence-electron chi connectivity index (χ0n) is 11.5. The molecular weight excluding hydrogens is 259 g/mol. The number of ether oxygens (including phenoxy) is 2. The van der Waals surface area contributed by atoms with Crippen LogP contribution in [0.15, 0.2) is 30.3 Å². The van der Waals surface area contributed by atoms with Crippen LogP contribution in [0.4, 0.5) is 10.1 Å². The molecule has 106 valence electrons. The molecule has 0 fully saturated rings. The van der Waals surface area contributed by atoms with Gasteiger partial charge in [-0.25, -0.2) is 4.39 Å². The summed E-state index contributed by atoms with van der Waals surface area (Å²) >= 11 is 0. The van der Waals surface area contributed by atoms with E-state index in [9.17, 15) is 4.39 Å². The molecule has 0 aliphatic heterocycles. The molecule has 1 heterocycles. The fraction of sp³-hybridized carbons (Fsp3) is 0.267. The van der Waals surface area contributed by atoms with Gasteiger partial charge in [0.2, 0.25) is 11.8 Å². The molecule has 1 aromatic carbocycles. The molecule has 0 amide bonds. The molecule has 0 unspecified atom stereocenters. The maximum Gasteiger partial charge on any atom is 0.240 e. The quantitative estimate of drug-likeness (QED) is 0.904. The molecule has 2 aromatic rings. The van der Waals surface area contributed by atoms with Crippen LogP contribution in [0.3, 0.4) is 0 Å². The van der Waals surface area contributed by atoms with E-state index >= 15 is 0 Å². The zero-order valence-corrected chi connectivity index (χ0v) is 11.5. The Morgan fingerprint density at radius 1 is 1.25 bits per heavy atom. The summed E-state index contributed by atoms with van der Waals surface area (Å²) in [6, 6.07) is 7.92. The summed E-state index contributed by atoms with van der Waals surface area (Å²) in [5, 5.41) is 0. The van der Waals surface area contributed by atoms with Gasteiger partial charge in [0, 0.05) is 12.1 Å². The van der Waals surface area contributed by atoms with E-state index in [4.69, 9.17) is 15.2 Å². The number of nitrogens with two attached hydrogens (primary N) is 1. The molecule has 0 spiro atoms. The van der Waals surface area contributed by atoms with E-state index in [1.54, 1.807) is 31.2 Å². The molecule has 0 aliphatic rings. The lowest BCUT2D eigenvalue weighted by molar-refractivity contribution is 0.302. The molecule has 0 aliphatic carbocycles. The Morgan fingerprint density at radius 3 is 2.75 bits per heavy atom. The first-order valence-corrected chi connectivity index (χ1v) is 6.43. The van der Waals surface area contributed by atoms with Gasteiger partial charge in [0.05, 0.1) is 12.3 Å². The van der Waals surface area contributed by atoms with Gasteiger partial charge in [0.15, 0.2) is 0 Å². The van der Waals surface area contributed by atoms with Gasteiger partial charge >= 0.3 is 0 Å². The zero-order chi connectivity index (χ0) is 14.5. The average Bonchev–Trinajstić information content (AvgIpc) is 2.43. The molecule has 20 heavy (non-hydrogen) atoms. The minimum absolute atomic E-state index is 0.313. The van der Waals surface area contributed by atoms with Crippen molar-refractivity contribution in [1.29, 1.82) is 0 Å². The van der Waals surface area contributed by atoms with E-state index in [0.29, 0.717) is 35.4 Å². The molecule has 1 aromatic heterocycles. The van der Waals surface area contributed by atoms with Gasteiger partial charge < -0.3 is 15.2 Å². The minimum atomic E-state index is -0.319. The van der Waals surface area contributed by atoms with Crippen LogP contribution >= 0.6 is 0 Å². The lowest BCUT2D eigenvalue weighted by Gasteiger charge is -2.10. The highest BCUT2D eigenvalue weighted by atomic mass is 19.1. The van der Waals surface area contributed by atoms with Crippen LogP contribution in [0.2, 0.25) is 0 Å². The third kappa shape index (κ3) is 3.38. The van der Waals surface area contributed by atoms with Gasteiger partial charge in [-0.1, -0.05) is 13.0 Å². The highest BCUT2D eigenvalue weighted by Gasteiger charge is 2.07. The van der Waals surface area contributed by atoms with Crippen LogP contribution in [-0.4, -0.2) is 11.6 Å². The van der Waals surface area contributed by atoms with Crippen molar-refractivity contribution < 1.29 is 13.9 Å². The van der Waals surface area contributed by atoms with Crippen molar-refractivity contribution in [2.75, 3.05) is 12.3 Å². The fourth-order valence-electron chi connectivity index (χ4n) is 1.56. The smallest absolute Gasteiger partial charge is 0.240 e. The molecule has 5 heteroatoms. The monoisotopic (exact) mass is 276 g/mol. The number of aryl methyl sites for hydroxylation is 1. The molecule has 0 saturated carbocycles. The first-order valence-electron chi connectivity index (χ1n) is 6.43. The SMILES string of the molecule is CCCOc1nc(Oc2ccc(C)c(F)c2)ccc1N. The summed E-state index contributed by atoms with van der Waals surface area (Å²) in [6.07, 6.45) is 0.857. The number of hydrogen-bond acceptors (Lipinski definition) is 4. The van der Waals surface area contributed by atoms with Crippen LogP contribution in [0.1, 0.15) is 18.9 Å².